The highest BCUT2D eigenvalue weighted by atomic mass is 35.5. The first-order valence-corrected chi connectivity index (χ1v) is 10.9. The normalized spacial score (nSPS) is 11.1. The summed E-state index contributed by atoms with van der Waals surface area (Å²) in [4.78, 5) is 23.6. The standard InChI is InChI=1S/C22H21ClFN7O4/c1-11-7-19(31(33)34)27-29(11)10-17-14(4)35-28-21(17)22(32)25-20-12(2)26-30(13(20)3)9-15-5-6-16(24)8-18(15)23/h5-8H,9-10H2,1-4H3,(H,25,32). The van der Waals surface area contributed by atoms with Crippen LogP contribution in [-0.2, 0) is 13.1 Å². The van der Waals surface area contributed by atoms with Crippen LogP contribution in [0.2, 0.25) is 5.02 Å². The molecule has 3 heterocycles. The van der Waals surface area contributed by atoms with Crippen molar-refractivity contribution >= 4 is 29.0 Å². The summed E-state index contributed by atoms with van der Waals surface area (Å²) in [5.41, 5.74) is 3.43. The molecule has 0 saturated heterocycles. The van der Waals surface area contributed by atoms with Crippen molar-refractivity contribution in [2.24, 2.45) is 0 Å². The van der Waals surface area contributed by atoms with E-state index < -0.39 is 16.6 Å². The van der Waals surface area contributed by atoms with Gasteiger partial charge in [-0.15, -0.1) is 0 Å². The largest absolute Gasteiger partial charge is 0.390 e. The second kappa shape index (κ2) is 9.29. The molecule has 0 radical (unpaired) electrons. The molecule has 0 saturated carbocycles. The van der Waals surface area contributed by atoms with E-state index in [2.05, 4.69) is 20.7 Å². The third-order valence-electron chi connectivity index (χ3n) is 5.62. The number of carbonyl (C=O) groups excluding carboxylic acids is 1. The van der Waals surface area contributed by atoms with E-state index in [4.69, 9.17) is 16.1 Å². The molecule has 0 bridgehead atoms. The Kier molecular flexibility index (Phi) is 6.39. The molecule has 1 N–H and O–H groups in total. The van der Waals surface area contributed by atoms with Crippen molar-refractivity contribution in [3.8, 4) is 0 Å². The Bertz CT molecular complexity index is 1460. The first-order chi connectivity index (χ1) is 16.5. The van der Waals surface area contributed by atoms with Crippen molar-refractivity contribution in [1.29, 1.82) is 0 Å². The molecule has 0 aliphatic heterocycles. The van der Waals surface area contributed by atoms with Gasteiger partial charge in [-0.25, -0.2) is 4.39 Å². The van der Waals surface area contributed by atoms with Crippen LogP contribution in [-0.4, -0.2) is 35.5 Å². The van der Waals surface area contributed by atoms with Gasteiger partial charge in [0.2, 0.25) is 0 Å². The highest BCUT2D eigenvalue weighted by Gasteiger charge is 2.25. The number of amides is 1. The molecule has 13 heteroatoms. The fraction of sp³-hybridized carbons (Fsp3) is 0.273. The van der Waals surface area contributed by atoms with Crippen LogP contribution in [0.15, 0.2) is 28.8 Å². The van der Waals surface area contributed by atoms with E-state index in [0.717, 1.165) is 0 Å². The highest BCUT2D eigenvalue weighted by Crippen LogP contribution is 2.25. The average molecular weight is 502 g/mol. The van der Waals surface area contributed by atoms with Crippen LogP contribution in [0.1, 0.15) is 44.5 Å². The third-order valence-corrected chi connectivity index (χ3v) is 5.97. The number of nitro groups is 1. The van der Waals surface area contributed by atoms with Gasteiger partial charge in [0, 0.05) is 5.02 Å². The molecule has 0 unspecified atom stereocenters. The lowest BCUT2D eigenvalue weighted by Gasteiger charge is -2.08. The Morgan fingerprint density at radius 3 is 2.57 bits per heavy atom. The second-order valence-electron chi connectivity index (χ2n) is 8.02. The number of anilines is 1. The molecule has 3 aromatic heterocycles. The maximum Gasteiger partial charge on any atom is 0.390 e. The monoisotopic (exact) mass is 501 g/mol. The van der Waals surface area contributed by atoms with Crippen LogP contribution in [0.5, 0.6) is 0 Å². The van der Waals surface area contributed by atoms with Gasteiger partial charge in [-0.1, -0.05) is 22.8 Å². The molecule has 11 nitrogen and oxygen atoms in total. The third kappa shape index (κ3) is 4.78. The smallest absolute Gasteiger partial charge is 0.361 e. The van der Waals surface area contributed by atoms with Crippen LogP contribution in [0, 0.1) is 43.6 Å². The molecule has 0 aliphatic rings. The summed E-state index contributed by atoms with van der Waals surface area (Å²) >= 11 is 6.14. The first-order valence-electron chi connectivity index (χ1n) is 10.5. The van der Waals surface area contributed by atoms with Gasteiger partial charge in [-0.05, 0) is 50.3 Å². The first kappa shape index (κ1) is 24.1. The van der Waals surface area contributed by atoms with Crippen LogP contribution in [0.3, 0.4) is 0 Å². The van der Waals surface area contributed by atoms with Crippen molar-refractivity contribution < 1.29 is 18.6 Å². The number of rotatable bonds is 7. The molecule has 0 fully saturated rings. The summed E-state index contributed by atoms with van der Waals surface area (Å²) in [5, 5.41) is 26.5. The van der Waals surface area contributed by atoms with Crippen LogP contribution >= 0.6 is 11.6 Å². The Balaban J connectivity index is 1.58. The maximum atomic E-state index is 13.4. The van der Waals surface area contributed by atoms with E-state index in [0.29, 0.717) is 39.7 Å². The number of benzene rings is 1. The summed E-state index contributed by atoms with van der Waals surface area (Å²) in [5.74, 6) is -0.856. The fourth-order valence-corrected chi connectivity index (χ4v) is 3.89. The highest BCUT2D eigenvalue weighted by molar-refractivity contribution is 6.31. The Morgan fingerprint density at radius 1 is 1.17 bits per heavy atom. The second-order valence-corrected chi connectivity index (χ2v) is 8.43. The predicted molar refractivity (Wildman–Crippen MR) is 124 cm³/mol. The summed E-state index contributed by atoms with van der Waals surface area (Å²) in [6.45, 7) is 7.20. The van der Waals surface area contributed by atoms with Gasteiger partial charge in [-0.3, -0.25) is 9.48 Å². The van der Waals surface area contributed by atoms with Crippen molar-refractivity contribution in [3.63, 3.8) is 0 Å². The van der Waals surface area contributed by atoms with E-state index in [1.54, 1.807) is 38.4 Å². The topological polar surface area (TPSA) is 134 Å². The Hall–Kier alpha value is -4.06. The van der Waals surface area contributed by atoms with E-state index in [-0.39, 0.29) is 29.6 Å². The van der Waals surface area contributed by atoms with Gasteiger partial charge in [-0.2, -0.15) is 9.78 Å². The zero-order valence-corrected chi connectivity index (χ0v) is 20.1. The lowest BCUT2D eigenvalue weighted by molar-refractivity contribution is -0.389. The summed E-state index contributed by atoms with van der Waals surface area (Å²) < 4.78 is 21.7. The quantitative estimate of drug-likeness (QED) is 0.294. The molecule has 35 heavy (non-hydrogen) atoms. The van der Waals surface area contributed by atoms with Gasteiger partial charge in [0.25, 0.3) is 5.91 Å². The molecule has 0 aliphatic carbocycles. The van der Waals surface area contributed by atoms with Crippen molar-refractivity contribution in [1.82, 2.24) is 24.7 Å². The lowest BCUT2D eigenvalue weighted by Crippen LogP contribution is -2.17. The average Bonchev–Trinajstić information content (AvgIpc) is 3.42. The van der Waals surface area contributed by atoms with Gasteiger partial charge < -0.3 is 20.0 Å². The van der Waals surface area contributed by atoms with Gasteiger partial charge in [0.15, 0.2) is 5.69 Å². The fourth-order valence-electron chi connectivity index (χ4n) is 3.66. The molecular formula is C22H21ClFN7O4. The number of carbonyl (C=O) groups is 1. The number of hydrogen-bond acceptors (Lipinski definition) is 7. The molecule has 4 aromatic rings. The molecule has 0 atom stereocenters. The predicted octanol–water partition coefficient (Wildman–Crippen LogP) is 4.35. The van der Waals surface area contributed by atoms with Gasteiger partial charge >= 0.3 is 5.82 Å². The van der Waals surface area contributed by atoms with E-state index in [9.17, 15) is 19.3 Å². The minimum absolute atomic E-state index is 0.0354. The molecular weight excluding hydrogens is 481 g/mol. The van der Waals surface area contributed by atoms with Crippen molar-refractivity contribution in [2.45, 2.75) is 40.8 Å². The number of halogens is 2. The Labute approximate surface area is 203 Å². The number of nitrogens with one attached hydrogen (secondary N) is 1. The van der Waals surface area contributed by atoms with E-state index in [1.165, 1.54) is 22.9 Å². The van der Waals surface area contributed by atoms with E-state index in [1.807, 2.05) is 0 Å². The lowest BCUT2D eigenvalue weighted by atomic mass is 10.1. The number of nitrogens with zero attached hydrogens (tertiary/aromatic N) is 6. The molecule has 1 amide bonds. The molecule has 0 spiro atoms. The SMILES string of the molecule is Cc1nn(Cc2ccc(F)cc2Cl)c(C)c1NC(=O)c1noc(C)c1Cn1nc([N+](=O)[O-])cc1C. The summed E-state index contributed by atoms with van der Waals surface area (Å²) in [7, 11) is 0. The maximum absolute atomic E-state index is 13.4. The molecule has 4 rings (SSSR count). The minimum atomic E-state index is -0.583. The van der Waals surface area contributed by atoms with Gasteiger partial charge in [0.1, 0.15) is 11.6 Å². The van der Waals surface area contributed by atoms with Crippen LogP contribution in [0.25, 0.3) is 0 Å². The molecule has 182 valence electrons. The van der Waals surface area contributed by atoms with Crippen molar-refractivity contribution in [3.05, 3.63) is 84.9 Å². The number of aryl methyl sites for hydroxylation is 3. The Morgan fingerprint density at radius 2 is 1.91 bits per heavy atom. The van der Waals surface area contributed by atoms with Gasteiger partial charge in [0.05, 0.1) is 52.6 Å². The summed E-state index contributed by atoms with van der Waals surface area (Å²) in [6.07, 6.45) is 0. The summed E-state index contributed by atoms with van der Waals surface area (Å²) in [6, 6.07) is 5.48. The zero-order valence-electron chi connectivity index (χ0n) is 19.3. The minimum Gasteiger partial charge on any atom is -0.361 e. The van der Waals surface area contributed by atoms with Crippen LogP contribution in [0.4, 0.5) is 15.9 Å². The van der Waals surface area contributed by atoms with Crippen LogP contribution < -0.4 is 5.32 Å². The molecule has 1 aromatic carbocycles. The van der Waals surface area contributed by atoms with Crippen molar-refractivity contribution in [2.75, 3.05) is 5.32 Å². The van der Waals surface area contributed by atoms with E-state index >= 15 is 0 Å². The number of aromatic nitrogens is 5. The zero-order chi connectivity index (χ0) is 25.4. The number of hydrogen-bond donors (Lipinski definition) is 1.